The lowest BCUT2D eigenvalue weighted by atomic mass is 10.3. The summed E-state index contributed by atoms with van der Waals surface area (Å²) in [4.78, 5) is 0. The lowest BCUT2D eigenvalue weighted by molar-refractivity contribution is 0.412. The Morgan fingerprint density at radius 2 is 2.24 bits per heavy atom. The predicted molar refractivity (Wildman–Crippen MR) is 69.4 cm³/mol. The summed E-state index contributed by atoms with van der Waals surface area (Å²) in [5.41, 5.74) is 5.35. The molecule has 1 rings (SSSR count). The van der Waals surface area contributed by atoms with Gasteiger partial charge in [0.25, 0.3) is 10.0 Å². The summed E-state index contributed by atoms with van der Waals surface area (Å²) < 4.78 is 31.2. The largest absolute Gasteiger partial charge is 0.447 e. The number of hydrogen-bond acceptors (Lipinski definition) is 5. The number of thioether (sulfide) groups is 1. The first-order valence-corrected chi connectivity index (χ1v) is 8.08. The summed E-state index contributed by atoms with van der Waals surface area (Å²) in [6.45, 7) is 2.65. The van der Waals surface area contributed by atoms with Crippen LogP contribution < -0.4 is 10.5 Å². The van der Waals surface area contributed by atoms with Crippen LogP contribution in [0.25, 0.3) is 0 Å². The standard InChI is InChI=1S/C10H18N2O3S2/c1-8(16-2)5-6-12-17(13,14)10-4-3-9(7-11)15-10/h3-4,8,12H,5-7,11H2,1-2H3. The van der Waals surface area contributed by atoms with E-state index in [2.05, 4.69) is 11.6 Å². The van der Waals surface area contributed by atoms with E-state index in [1.807, 2.05) is 6.26 Å². The molecule has 0 spiro atoms. The molecule has 5 nitrogen and oxygen atoms in total. The van der Waals surface area contributed by atoms with Crippen molar-refractivity contribution in [1.82, 2.24) is 4.72 Å². The number of rotatable bonds is 7. The van der Waals surface area contributed by atoms with E-state index in [0.29, 0.717) is 17.6 Å². The zero-order chi connectivity index (χ0) is 12.9. The van der Waals surface area contributed by atoms with Crippen molar-refractivity contribution in [1.29, 1.82) is 0 Å². The quantitative estimate of drug-likeness (QED) is 0.781. The van der Waals surface area contributed by atoms with E-state index in [9.17, 15) is 8.42 Å². The van der Waals surface area contributed by atoms with Gasteiger partial charge in [-0.15, -0.1) is 0 Å². The molecule has 0 aliphatic heterocycles. The van der Waals surface area contributed by atoms with Crippen LogP contribution in [0, 0.1) is 0 Å². The summed E-state index contributed by atoms with van der Waals surface area (Å²) in [5.74, 6) is 0.461. The molecule has 0 fully saturated rings. The monoisotopic (exact) mass is 278 g/mol. The third kappa shape index (κ3) is 4.34. The van der Waals surface area contributed by atoms with Crippen molar-refractivity contribution in [2.75, 3.05) is 12.8 Å². The molecule has 0 bridgehead atoms. The van der Waals surface area contributed by atoms with Crippen molar-refractivity contribution in [2.45, 2.75) is 30.2 Å². The third-order valence-corrected chi connectivity index (χ3v) is 4.72. The van der Waals surface area contributed by atoms with Crippen LogP contribution in [-0.4, -0.2) is 26.5 Å². The molecule has 0 saturated carbocycles. The van der Waals surface area contributed by atoms with E-state index >= 15 is 0 Å². The first-order valence-electron chi connectivity index (χ1n) is 5.31. The van der Waals surface area contributed by atoms with Gasteiger partial charge in [0.05, 0.1) is 6.54 Å². The maximum Gasteiger partial charge on any atom is 0.273 e. The van der Waals surface area contributed by atoms with Crippen molar-refractivity contribution in [3.63, 3.8) is 0 Å². The average Bonchev–Trinajstić information content (AvgIpc) is 2.77. The normalized spacial score (nSPS) is 13.8. The second kappa shape index (κ2) is 6.44. The predicted octanol–water partition coefficient (Wildman–Crippen LogP) is 1.16. The molecule has 0 radical (unpaired) electrons. The van der Waals surface area contributed by atoms with Crippen LogP contribution in [0.5, 0.6) is 0 Å². The molecule has 7 heteroatoms. The van der Waals surface area contributed by atoms with E-state index in [4.69, 9.17) is 10.2 Å². The van der Waals surface area contributed by atoms with Crippen molar-refractivity contribution < 1.29 is 12.8 Å². The Hall–Kier alpha value is -0.500. The molecule has 1 atom stereocenters. The molecule has 3 N–H and O–H groups in total. The second-order valence-corrected chi connectivity index (χ2v) is 6.63. The molecule has 1 unspecified atom stereocenters. The minimum atomic E-state index is -3.53. The van der Waals surface area contributed by atoms with Gasteiger partial charge in [-0.2, -0.15) is 11.8 Å². The van der Waals surface area contributed by atoms with Crippen LogP contribution in [0.15, 0.2) is 21.6 Å². The van der Waals surface area contributed by atoms with Crippen molar-refractivity contribution in [3.05, 3.63) is 17.9 Å². The molecule has 1 aromatic rings. The summed E-state index contributed by atoms with van der Waals surface area (Å²) in [5, 5.41) is 0.351. The van der Waals surface area contributed by atoms with E-state index in [0.717, 1.165) is 6.42 Å². The van der Waals surface area contributed by atoms with Gasteiger partial charge >= 0.3 is 0 Å². The zero-order valence-corrected chi connectivity index (χ0v) is 11.6. The smallest absolute Gasteiger partial charge is 0.273 e. The van der Waals surface area contributed by atoms with E-state index in [1.54, 1.807) is 17.8 Å². The minimum absolute atomic E-state index is 0.0743. The number of nitrogens with one attached hydrogen (secondary N) is 1. The van der Waals surface area contributed by atoms with E-state index in [1.165, 1.54) is 6.07 Å². The number of nitrogens with two attached hydrogens (primary N) is 1. The van der Waals surface area contributed by atoms with Gasteiger partial charge in [-0.25, -0.2) is 13.1 Å². The lowest BCUT2D eigenvalue weighted by Gasteiger charge is -2.08. The van der Waals surface area contributed by atoms with Crippen molar-refractivity contribution in [2.24, 2.45) is 5.73 Å². The minimum Gasteiger partial charge on any atom is -0.447 e. The highest BCUT2D eigenvalue weighted by Gasteiger charge is 2.18. The highest BCUT2D eigenvalue weighted by Crippen LogP contribution is 2.14. The molecule has 0 aliphatic carbocycles. The van der Waals surface area contributed by atoms with Gasteiger partial charge in [0, 0.05) is 11.8 Å². The number of sulfonamides is 1. The topological polar surface area (TPSA) is 85.3 Å². The summed E-state index contributed by atoms with van der Waals surface area (Å²) in [6, 6.07) is 2.99. The fraction of sp³-hybridized carbons (Fsp3) is 0.600. The molecular formula is C10H18N2O3S2. The number of hydrogen-bond donors (Lipinski definition) is 2. The average molecular weight is 278 g/mol. The second-order valence-electron chi connectivity index (χ2n) is 3.66. The van der Waals surface area contributed by atoms with Gasteiger partial charge in [0.15, 0.2) is 0 Å². The number of furan rings is 1. The van der Waals surface area contributed by atoms with Crippen LogP contribution in [0.4, 0.5) is 0 Å². The molecule has 0 aromatic carbocycles. The molecule has 0 amide bonds. The van der Waals surface area contributed by atoms with E-state index < -0.39 is 10.0 Å². The third-order valence-electron chi connectivity index (χ3n) is 2.35. The van der Waals surface area contributed by atoms with Gasteiger partial charge in [0.1, 0.15) is 5.76 Å². The van der Waals surface area contributed by atoms with Crippen LogP contribution >= 0.6 is 11.8 Å². The van der Waals surface area contributed by atoms with Gasteiger partial charge in [-0.1, -0.05) is 6.92 Å². The maximum atomic E-state index is 11.8. The van der Waals surface area contributed by atoms with Crippen LogP contribution in [-0.2, 0) is 16.6 Å². The molecule has 0 saturated heterocycles. The first-order chi connectivity index (χ1) is 7.99. The zero-order valence-electron chi connectivity index (χ0n) is 9.97. The Bertz CT molecular complexity index is 442. The molecule has 1 aromatic heterocycles. The van der Waals surface area contributed by atoms with Crippen LogP contribution in [0.1, 0.15) is 19.1 Å². The molecule has 0 aliphatic rings. The van der Waals surface area contributed by atoms with Crippen molar-refractivity contribution in [3.8, 4) is 0 Å². The summed E-state index contributed by atoms with van der Waals surface area (Å²) >= 11 is 1.70. The van der Waals surface area contributed by atoms with Crippen LogP contribution in [0.3, 0.4) is 0 Å². The van der Waals surface area contributed by atoms with E-state index in [-0.39, 0.29) is 11.6 Å². The maximum absolute atomic E-state index is 11.8. The Morgan fingerprint density at radius 3 is 2.76 bits per heavy atom. The van der Waals surface area contributed by atoms with Gasteiger partial charge < -0.3 is 10.2 Å². The van der Waals surface area contributed by atoms with Crippen molar-refractivity contribution >= 4 is 21.8 Å². The summed E-state index contributed by atoms with van der Waals surface area (Å²) in [7, 11) is -3.53. The molecule has 17 heavy (non-hydrogen) atoms. The van der Waals surface area contributed by atoms with Gasteiger partial charge in [0.2, 0.25) is 5.09 Å². The molecule has 98 valence electrons. The fourth-order valence-electron chi connectivity index (χ4n) is 1.20. The Kier molecular flexibility index (Phi) is 5.51. The highest BCUT2D eigenvalue weighted by atomic mass is 32.2. The Morgan fingerprint density at radius 1 is 1.53 bits per heavy atom. The molecular weight excluding hydrogens is 260 g/mol. The lowest BCUT2D eigenvalue weighted by Crippen LogP contribution is -2.25. The highest BCUT2D eigenvalue weighted by molar-refractivity contribution is 7.99. The SMILES string of the molecule is CSC(C)CCNS(=O)(=O)c1ccc(CN)o1. The Labute approximate surface area is 106 Å². The Balaban J connectivity index is 2.56. The summed E-state index contributed by atoms with van der Waals surface area (Å²) in [6.07, 6.45) is 2.78. The van der Waals surface area contributed by atoms with Crippen LogP contribution in [0.2, 0.25) is 0 Å². The first kappa shape index (κ1) is 14.6. The van der Waals surface area contributed by atoms with Gasteiger partial charge in [-0.3, -0.25) is 0 Å². The fourth-order valence-corrected chi connectivity index (χ4v) is 2.54. The van der Waals surface area contributed by atoms with Gasteiger partial charge in [-0.05, 0) is 24.8 Å². The molecule has 1 heterocycles.